The van der Waals surface area contributed by atoms with Crippen LogP contribution in [0.1, 0.15) is 37.9 Å². The fourth-order valence-electron chi connectivity index (χ4n) is 2.96. The van der Waals surface area contributed by atoms with Gasteiger partial charge in [0.25, 0.3) is 0 Å². The van der Waals surface area contributed by atoms with Crippen LogP contribution in [-0.4, -0.2) is 31.0 Å². The van der Waals surface area contributed by atoms with E-state index in [-0.39, 0.29) is 0 Å². The molecule has 1 aromatic heterocycles. The molecule has 1 aliphatic heterocycles. The lowest BCUT2D eigenvalue weighted by atomic mass is 9.75. The van der Waals surface area contributed by atoms with Crippen molar-refractivity contribution in [3.05, 3.63) is 52.1 Å². The Kier molecular flexibility index (Phi) is 3.39. The lowest BCUT2D eigenvalue weighted by molar-refractivity contribution is -0.139. The molecular weight excluding hydrogens is 310 g/mol. The summed E-state index contributed by atoms with van der Waals surface area (Å²) in [6.07, 6.45) is 1.37. The second-order valence-electron chi connectivity index (χ2n) is 6.50. The first-order chi connectivity index (χ1) is 11.2. The van der Waals surface area contributed by atoms with Gasteiger partial charge in [0.05, 0.1) is 17.7 Å². The summed E-state index contributed by atoms with van der Waals surface area (Å²) < 4.78 is 7.14. The topological polar surface area (TPSA) is 108 Å². The van der Waals surface area contributed by atoms with Gasteiger partial charge in [-0.15, -0.1) is 0 Å². The van der Waals surface area contributed by atoms with Crippen LogP contribution in [0.5, 0.6) is 11.6 Å². The molecule has 0 radical (unpaired) electrons. The number of ether oxygens (including phenoxy) is 1. The molecule has 1 aromatic carbocycles. The number of fused-ring (bicyclic) bond motifs is 1. The van der Waals surface area contributed by atoms with Crippen molar-refractivity contribution in [2.75, 3.05) is 0 Å². The van der Waals surface area contributed by atoms with E-state index >= 15 is 0 Å². The zero-order valence-corrected chi connectivity index (χ0v) is 13.5. The van der Waals surface area contributed by atoms with Crippen LogP contribution in [0.25, 0.3) is 0 Å². The number of hydrogen-bond acceptors (Lipinski definition) is 6. The van der Waals surface area contributed by atoms with Crippen LogP contribution < -0.4 is 10.4 Å². The molecule has 0 saturated heterocycles. The smallest absolute Gasteiger partial charge is 0.351 e. The summed E-state index contributed by atoms with van der Waals surface area (Å²) in [6.45, 7) is 5.01. The molecule has 0 aliphatic carbocycles. The summed E-state index contributed by atoms with van der Waals surface area (Å²) in [6, 6.07) is 7.33. The van der Waals surface area contributed by atoms with Crippen molar-refractivity contribution in [2.24, 2.45) is 0 Å². The van der Waals surface area contributed by atoms with Gasteiger partial charge in [-0.3, -0.25) is 4.57 Å². The summed E-state index contributed by atoms with van der Waals surface area (Å²) in [4.78, 5) is 15.8. The zero-order chi connectivity index (χ0) is 17.7. The van der Waals surface area contributed by atoms with Crippen molar-refractivity contribution in [3.8, 4) is 17.7 Å². The summed E-state index contributed by atoms with van der Waals surface area (Å²) in [5.74, 6) is 0.0868. The Morgan fingerprint density at radius 3 is 2.67 bits per heavy atom. The van der Waals surface area contributed by atoms with Gasteiger partial charge < -0.3 is 14.9 Å². The van der Waals surface area contributed by atoms with Gasteiger partial charge >= 0.3 is 5.69 Å². The van der Waals surface area contributed by atoms with Gasteiger partial charge in [-0.25, -0.2) is 4.79 Å². The van der Waals surface area contributed by atoms with E-state index in [0.717, 1.165) is 0 Å². The molecule has 7 nitrogen and oxygen atoms in total. The number of benzene rings is 1. The van der Waals surface area contributed by atoms with E-state index in [4.69, 9.17) is 10.00 Å². The van der Waals surface area contributed by atoms with Crippen molar-refractivity contribution in [3.63, 3.8) is 0 Å². The Labute approximate surface area is 138 Å². The predicted molar refractivity (Wildman–Crippen MR) is 84.8 cm³/mol. The van der Waals surface area contributed by atoms with Crippen LogP contribution in [-0.2, 0) is 0 Å². The SMILES string of the molecule is CC1(C)Oc2ccc(C#N)cc2C(n2ccc(O)nc2=O)C1(C)O. The lowest BCUT2D eigenvalue weighted by Gasteiger charge is -2.49. The van der Waals surface area contributed by atoms with E-state index in [1.165, 1.54) is 16.8 Å². The number of nitriles is 1. The average molecular weight is 327 g/mol. The van der Waals surface area contributed by atoms with E-state index < -0.39 is 28.8 Å². The number of nitrogens with zero attached hydrogens (tertiary/aromatic N) is 3. The van der Waals surface area contributed by atoms with Gasteiger partial charge in [-0.05, 0) is 39.0 Å². The van der Waals surface area contributed by atoms with Crippen LogP contribution in [0.15, 0.2) is 35.3 Å². The van der Waals surface area contributed by atoms with Crippen LogP contribution >= 0.6 is 0 Å². The molecule has 2 unspecified atom stereocenters. The third-order valence-electron chi connectivity index (χ3n) is 4.64. The van der Waals surface area contributed by atoms with Crippen molar-refractivity contribution in [2.45, 2.75) is 38.0 Å². The molecule has 0 spiro atoms. The van der Waals surface area contributed by atoms with Gasteiger partial charge in [0.1, 0.15) is 17.0 Å². The largest absolute Gasteiger partial charge is 0.493 e. The highest BCUT2D eigenvalue weighted by Gasteiger charge is 2.53. The highest BCUT2D eigenvalue weighted by atomic mass is 16.5. The third-order valence-corrected chi connectivity index (χ3v) is 4.64. The first-order valence-corrected chi connectivity index (χ1v) is 7.41. The van der Waals surface area contributed by atoms with Crippen molar-refractivity contribution >= 4 is 0 Å². The Morgan fingerprint density at radius 2 is 2.04 bits per heavy atom. The standard InChI is InChI=1S/C17H17N3O4/c1-16(2)17(3,23)14(20-7-6-13(21)19-15(20)22)11-8-10(9-18)4-5-12(11)24-16/h4-8,14,23H,1-3H3,(H,19,21,22). The van der Waals surface area contributed by atoms with Crippen LogP contribution in [0.4, 0.5) is 0 Å². The minimum atomic E-state index is -1.48. The van der Waals surface area contributed by atoms with E-state index in [1.807, 2.05) is 6.07 Å². The number of hydrogen-bond donors (Lipinski definition) is 2. The molecular formula is C17H17N3O4. The maximum Gasteiger partial charge on any atom is 0.351 e. The predicted octanol–water partition coefficient (Wildman–Crippen LogP) is 1.33. The monoisotopic (exact) mass is 327 g/mol. The molecule has 0 fully saturated rings. The normalized spacial score (nSPS) is 24.5. The quantitative estimate of drug-likeness (QED) is 0.818. The first kappa shape index (κ1) is 16.0. The second-order valence-corrected chi connectivity index (χ2v) is 6.50. The van der Waals surface area contributed by atoms with E-state index in [2.05, 4.69) is 4.98 Å². The van der Waals surface area contributed by atoms with Gasteiger partial charge in [-0.2, -0.15) is 10.2 Å². The summed E-state index contributed by atoms with van der Waals surface area (Å²) >= 11 is 0. The summed E-state index contributed by atoms with van der Waals surface area (Å²) in [7, 11) is 0. The second kappa shape index (κ2) is 5.08. The van der Waals surface area contributed by atoms with Crippen molar-refractivity contribution < 1.29 is 14.9 Å². The minimum absolute atomic E-state index is 0.387. The Morgan fingerprint density at radius 1 is 1.33 bits per heavy atom. The Bertz CT molecular complexity index is 909. The van der Waals surface area contributed by atoms with Gasteiger partial charge in [0.2, 0.25) is 5.88 Å². The van der Waals surface area contributed by atoms with E-state index in [0.29, 0.717) is 16.9 Å². The lowest BCUT2D eigenvalue weighted by Crippen LogP contribution is -2.60. The highest BCUT2D eigenvalue weighted by molar-refractivity contribution is 5.47. The Hall–Kier alpha value is -2.85. The fraction of sp³-hybridized carbons (Fsp3) is 0.353. The number of rotatable bonds is 1. The van der Waals surface area contributed by atoms with Crippen LogP contribution in [0.2, 0.25) is 0 Å². The van der Waals surface area contributed by atoms with Crippen LogP contribution in [0.3, 0.4) is 0 Å². The number of aromatic nitrogens is 2. The van der Waals surface area contributed by atoms with Crippen molar-refractivity contribution in [1.82, 2.24) is 9.55 Å². The van der Waals surface area contributed by atoms with E-state index in [9.17, 15) is 15.0 Å². The van der Waals surface area contributed by atoms with Gasteiger partial charge in [0.15, 0.2) is 0 Å². The molecule has 0 saturated carbocycles. The molecule has 2 N–H and O–H groups in total. The van der Waals surface area contributed by atoms with E-state index in [1.54, 1.807) is 39.0 Å². The zero-order valence-electron chi connectivity index (χ0n) is 13.5. The molecule has 2 atom stereocenters. The fourth-order valence-corrected chi connectivity index (χ4v) is 2.96. The molecule has 1 aliphatic rings. The molecule has 2 heterocycles. The maximum atomic E-state index is 12.3. The highest BCUT2D eigenvalue weighted by Crippen LogP contribution is 2.47. The molecule has 0 amide bonds. The summed E-state index contributed by atoms with van der Waals surface area (Å²) in [5.41, 5.74) is -2.29. The summed E-state index contributed by atoms with van der Waals surface area (Å²) in [5, 5.41) is 29.7. The molecule has 124 valence electrons. The van der Waals surface area contributed by atoms with Crippen molar-refractivity contribution in [1.29, 1.82) is 5.26 Å². The number of aliphatic hydroxyl groups is 1. The number of aromatic hydroxyl groups is 1. The first-order valence-electron chi connectivity index (χ1n) is 7.41. The van der Waals surface area contributed by atoms with Gasteiger partial charge in [-0.1, -0.05) is 0 Å². The average Bonchev–Trinajstić information content (AvgIpc) is 2.49. The van der Waals surface area contributed by atoms with Gasteiger partial charge in [0, 0.05) is 17.8 Å². The third kappa shape index (κ3) is 2.23. The Balaban J connectivity index is 2.33. The molecule has 24 heavy (non-hydrogen) atoms. The molecule has 7 heteroatoms. The molecule has 3 rings (SSSR count). The molecule has 2 aromatic rings. The van der Waals surface area contributed by atoms with Crippen LogP contribution in [0, 0.1) is 11.3 Å². The molecule has 0 bridgehead atoms. The minimum Gasteiger partial charge on any atom is -0.493 e. The maximum absolute atomic E-state index is 12.3.